The molecule has 0 aliphatic heterocycles. The minimum Gasteiger partial charge on any atom is -0.372 e. The Hall–Kier alpha value is -2.97. The maximum absolute atomic E-state index is 2.38. The molecule has 29 heavy (non-hydrogen) atoms. The van der Waals surface area contributed by atoms with Gasteiger partial charge in [0.05, 0.1) is 0 Å². The Labute approximate surface area is 177 Å². The fourth-order valence-electron chi connectivity index (χ4n) is 3.61. The topological polar surface area (TPSA) is 3.24 Å². The number of benzene rings is 3. The summed E-state index contributed by atoms with van der Waals surface area (Å²) in [4.78, 5) is 4.95. The van der Waals surface area contributed by atoms with Crippen LogP contribution >= 0.6 is 11.3 Å². The van der Waals surface area contributed by atoms with Crippen molar-refractivity contribution in [3.05, 3.63) is 97.1 Å². The lowest BCUT2D eigenvalue weighted by molar-refractivity contribution is 0.866. The summed E-state index contributed by atoms with van der Waals surface area (Å²) in [5, 5.41) is 0. The van der Waals surface area contributed by atoms with Gasteiger partial charge in [0.1, 0.15) is 0 Å². The van der Waals surface area contributed by atoms with E-state index in [1.807, 2.05) is 11.3 Å². The van der Waals surface area contributed by atoms with Crippen LogP contribution in [0.15, 0.2) is 97.1 Å². The normalized spacial score (nSPS) is 10.7. The second kappa shape index (κ2) is 9.02. The lowest BCUT2D eigenvalue weighted by atomic mass is 10.0. The molecule has 1 nitrogen and oxygen atoms in total. The molecule has 0 aliphatic carbocycles. The maximum Gasteiger partial charge on any atom is 0.239 e. The van der Waals surface area contributed by atoms with Crippen LogP contribution in [0, 0.1) is 0 Å². The number of hydrogen-bond acceptors (Lipinski definition) is 1. The van der Waals surface area contributed by atoms with Gasteiger partial charge in [-0.15, -0.1) is 0 Å². The summed E-state index contributed by atoms with van der Waals surface area (Å²) < 4.78 is 0. The van der Waals surface area contributed by atoms with Crippen LogP contribution in [0.3, 0.4) is 0 Å². The van der Waals surface area contributed by atoms with Crippen molar-refractivity contribution < 1.29 is 0 Å². The van der Waals surface area contributed by atoms with Gasteiger partial charge in [0.2, 0.25) is 21.1 Å². The van der Waals surface area contributed by atoms with Crippen molar-refractivity contribution in [2.45, 2.75) is 13.8 Å². The Morgan fingerprint density at radius 1 is 0.552 bits per heavy atom. The van der Waals surface area contributed by atoms with Gasteiger partial charge >= 0.3 is 0 Å². The quantitative estimate of drug-likeness (QED) is 0.300. The molecule has 0 N–H and O–H groups in total. The van der Waals surface area contributed by atoms with Gasteiger partial charge in [-0.05, 0) is 61.4 Å². The van der Waals surface area contributed by atoms with Gasteiger partial charge in [0, 0.05) is 42.0 Å². The first-order chi connectivity index (χ1) is 14.3. The molecular formula is C27H26NS+. The zero-order chi connectivity index (χ0) is 20.1. The van der Waals surface area contributed by atoms with Crippen molar-refractivity contribution in [3.63, 3.8) is 0 Å². The summed E-state index contributed by atoms with van der Waals surface area (Å²) in [6, 6.07) is 34.9. The molecule has 0 saturated carbocycles. The lowest BCUT2D eigenvalue weighted by Crippen LogP contribution is -2.21. The second-order valence-corrected chi connectivity index (χ2v) is 8.11. The van der Waals surface area contributed by atoms with E-state index < -0.39 is 0 Å². The largest absolute Gasteiger partial charge is 0.372 e. The highest BCUT2D eigenvalue weighted by Gasteiger charge is 2.19. The van der Waals surface area contributed by atoms with Gasteiger partial charge < -0.3 is 4.90 Å². The Morgan fingerprint density at radius 3 is 1.48 bits per heavy atom. The summed E-state index contributed by atoms with van der Waals surface area (Å²) in [6.07, 6.45) is 0. The van der Waals surface area contributed by atoms with Crippen LogP contribution in [-0.2, 0) is 0 Å². The van der Waals surface area contributed by atoms with Crippen molar-refractivity contribution in [2.24, 2.45) is 0 Å². The molecule has 4 rings (SSSR count). The van der Waals surface area contributed by atoms with E-state index in [2.05, 4.69) is 116 Å². The van der Waals surface area contributed by atoms with Crippen LogP contribution in [0.5, 0.6) is 0 Å². The molecule has 144 valence electrons. The van der Waals surface area contributed by atoms with Gasteiger partial charge in [0.15, 0.2) is 0 Å². The Balaban J connectivity index is 1.80. The van der Waals surface area contributed by atoms with Crippen LogP contribution in [0.4, 0.5) is 5.69 Å². The summed E-state index contributed by atoms with van der Waals surface area (Å²) in [6.45, 7) is 6.46. The summed E-state index contributed by atoms with van der Waals surface area (Å²) in [5.74, 6) is 0. The smallest absolute Gasteiger partial charge is 0.239 e. The molecule has 0 amide bonds. The van der Waals surface area contributed by atoms with Gasteiger partial charge in [-0.25, -0.2) is 0 Å². The first kappa shape index (κ1) is 19.4. The third-order valence-electron chi connectivity index (χ3n) is 5.24. The van der Waals surface area contributed by atoms with E-state index in [4.69, 9.17) is 0 Å². The molecule has 3 aromatic carbocycles. The molecule has 2 heteroatoms. The van der Waals surface area contributed by atoms with Crippen molar-refractivity contribution in [2.75, 3.05) is 18.0 Å². The van der Waals surface area contributed by atoms with E-state index in [0.29, 0.717) is 0 Å². The summed E-state index contributed by atoms with van der Waals surface area (Å²) in [5.41, 5.74) is 6.31. The predicted molar refractivity (Wildman–Crippen MR) is 129 cm³/mol. The minimum atomic E-state index is 1.03. The Bertz CT molecular complexity index is 995. The van der Waals surface area contributed by atoms with Gasteiger partial charge in [-0.2, -0.15) is 0 Å². The van der Waals surface area contributed by atoms with Crippen LogP contribution < -0.4 is 4.90 Å². The fraction of sp³-hybridized carbons (Fsp3) is 0.148. The summed E-state index contributed by atoms with van der Waals surface area (Å²) >= 11 is 1.84. The van der Waals surface area contributed by atoms with Crippen molar-refractivity contribution >= 4 is 17.0 Å². The molecule has 1 heterocycles. The molecular weight excluding hydrogens is 370 g/mol. The van der Waals surface area contributed by atoms with Crippen LogP contribution in [0.2, 0.25) is 0 Å². The van der Waals surface area contributed by atoms with E-state index >= 15 is 0 Å². The second-order valence-electron chi connectivity index (χ2n) is 7.03. The van der Waals surface area contributed by atoms with E-state index in [0.717, 1.165) is 13.1 Å². The zero-order valence-electron chi connectivity index (χ0n) is 17.0. The molecule has 0 radical (unpaired) electrons. The average molecular weight is 397 g/mol. The minimum absolute atomic E-state index is 1.03. The first-order valence-electron chi connectivity index (χ1n) is 10.2. The predicted octanol–water partition coefficient (Wildman–Crippen LogP) is 7.88. The molecule has 0 aliphatic rings. The molecule has 1 aromatic heterocycles. The van der Waals surface area contributed by atoms with Crippen LogP contribution in [0.1, 0.15) is 13.8 Å². The Morgan fingerprint density at radius 2 is 1.03 bits per heavy atom. The van der Waals surface area contributed by atoms with Crippen LogP contribution in [-0.4, -0.2) is 13.1 Å². The van der Waals surface area contributed by atoms with Crippen LogP contribution in [0.25, 0.3) is 32.0 Å². The number of hydrogen-bond donors (Lipinski definition) is 0. The third-order valence-corrected chi connectivity index (χ3v) is 6.39. The lowest BCUT2D eigenvalue weighted by Gasteiger charge is -2.21. The van der Waals surface area contributed by atoms with E-state index in [1.165, 1.54) is 37.7 Å². The fourth-order valence-corrected chi connectivity index (χ4v) is 4.73. The number of nitrogens with zero attached hydrogens (tertiary/aromatic N) is 1. The Kier molecular flexibility index (Phi) is 6.02. The zero-order valence-corrected chi connectivity index (χ0v) is 17.8. The highest BCUT2D eigenvalue weighted by molar-refractivity contribution is 7.18. The van der Waals surface area contributed by atoms with E-state index in [-0.39, 0.29) is 0 Å². The molecule has 4 aromatic rings. The van der Waals surface area contributed by atoms with Crippen molar-refractivity contribution in [1.82, 2.24) is 0 Å². The molecule has 0 unspecified atom stereocenters. The van der Waals surface area contributed by atoms with Crippen molar-refractivity contribution in [3.8, 4) is 32.0 Å². The van der Waals surface area contributed by atoms with Gasteiger partial charge in [-0.3, -0.25) is 0 Å². The number of rotatable bonds is 6. The third kappa shape index (κ3) is 4.38. The van der Waals surface area contributed by atoms with Crippen molar-refractivity contribution in [1.29, 1.82) is 0 Å². The summed E-state index contributed by atoms with van der Waals surface area (Å²) in [7, 11) is 0. The molecule has 0 bridgehead atoms. The van der Waals surface area contributed by atoms with E-state index in [9.17, 15) is 0 Å². The van der Waals surface area contributed by atoms with Gasteiger partial charge in [-0.1, -0.05) is 48.5 Å². The molecule has 0 saturated heterocycles. The SMILES string of the molecule is CCN(CC)c1ccc(-c2cc(-c3ccccc3)[s+]c(-c3ccccc3)c2)cc1. The average Bonchev–Trinajstić information content (AvgIpc) is 2.81. The monoisotopic (exact) mass is 396 g/mol. The first-order valence-corrected chi connectivity index (χ1v) is 11.0. The highest BCUT2D eigenvalue weighted by atomic mass is 32.1. The molecule has 0 fully saturated rings. The molecule has 0 spiro atoms. The van der Waals surface area contributed by atoms with E-state index in [1.54, 1.807) is 0 Å². The highest BCUT2D eigenvalue weighted by Crippen LogP contribution is 2.37. The van der Waals surface area contributed by atoms with Gasteiger partial charge in [0.25, 0.3) is 0 Å². The standard InChI is InChI=1S/C27H26NS/c1-3-28(4-2)25-17-15-21(16-18-25)24-19-26(22-11-7-5-8-12-22)29-27(20-24)23-13-9-6-10-14-23/h5-20H,3-4H2,1-2H3/q+1. The number of anilines is 1. The maximum atomic E-state index is 2.38. The molecule has 0 atom stereocenters.